The second-order valence-corrected chi connectivity index (χ2v) is 8.51. The number of rotatable bonds is 6. The Morgan fingerprint density at radius 1 is 0.868 bits per heavy atom. The molecule has 2 heterocycles. The van der Waals surface area contributed by atoms with Crippen molar-refractivity contribution >= 4 is 22.4 Å². The van der Waals surface area contributed by atoms with Crippen LogP contribution in [0.1, 0.15) is 11.1 Å². The van der Waals surface area contributed by atoms with Gasteiger partial charge in [-0.25, -0.2) is 4.98 Å². The molecule has 7 nitrogen and oxygen atoms in total. The number of aromatic nitrogens is 4. The fourth-order valence-corrected chi connectivity index (χ4v) is 4.01. The van der Waals surface area contributed by atoms with Crippen LogP contribution in [0.15, 0.2) is 79.3 Å². The van der Waals surface area contributed by atoms with Gasteiger partial charge >= 0.3 is 0 Å². The first kappa shape index (κ1) is 24.4. The quantitative estimate of drug-likeness (QED) is 0.299. The third-order valence-corrected chi connectivity index (χ3v) is 6.01. The minimum Gasteiger partial charge on any atom is -0.497 e. The molecular formula is C31H25N5O2. The summed E-state index contributed by atoms with van der Waals surface area (Å²) in [5.74, 6) is 10.5. The third kappa shape index (κ3) is 5.28. The van der Waals surface area contributed by atoms with E-state index in [-0.39, 0.29) is 0 Å². The molecule has 0 unspecified atom stereocenters. The van der Waals surface area contributed by atoms with Crippen molar-refractivity contribution in [1.29, 1.82) is 0 Å². The van der Waals surface area contributed by atoms with E-state index in [0.29, 0.717) is 18.0 Å². The molecule has 2 aromatic heterocycles. The van der Waals surface area contributed by atoms with Crippen LogP contribution in [-0.4, -0.2) is 40.5 Å². The number of anilines is 2. The van der Waals surface area contributed by atoms with Gasteiger partial charge in [0.15, 0.2) is 0 Å². The average molecular weight is 500 g/mol. The smallest absolute Gasteiger partial charge is 0.124 e. The summed E-state index contributed by atoms with van der Waals surface area (Å²) < 4.78 is 12.8. The Hall–Kier alpha value is -5.27. The Kier molecular flexibility index (Phi) is 6.93. The second-order valence-electron chi connectivity index (χ2n) is 8.51. The normalized spacial score (nSPS) is 10.4. The van der Waals surface area contributed by atoms with Gasteiger partial charge < -0.3 is 14.4 Å². The summed E-state index contributed by atoms with van der Waals surface area (Å²) in [5, 5.41) is 4.25. The predicted molar refractivity (Wildman–Crippen MR) is 150 cm³/mol. The summed E-state index contributed by atoms with van der Waals surface area (Å²) in [5.41, 5.74) is 6.71. The molecule has 0 atom stereocenters. The molecule has 0 radical (unpaired) electrons. The summed E-state index contributed by atoms with van der Waals surface area (Å²) in [7, 11) is 5.14. The van der Waals surface area contributed by atoms with E-state index < -0.39 is 0 Å². The number of nitrogens with zero attached hydrogens (tertiary/aromatic N) is 5. The van der Waals surface area contributed by atoms with E-state index in [0.717, 1.165) is 44.8 Å². The number of methoxy groups -OCH3 is 2. The van der Waals surface area contributed by atoms with E-state index in [9.17, 15) is 0 Å². The number of aryl methyl sites for hydroxylation is 1. The van der Waals surface area contributed by atoms with Crippen LogP contribution >= 0.6 is 0 Å². The first-order valence-corrected chi connectivity index (χ1v) is 11.9. The van der Waals surface area contributed by atoms with Crippen molar-refractivity contribution in [2.75, 3.05) is 25.7 Å². The molecule has 0 spiro atoms. The van der Waals surface area contributed by atoms with Gasteiger partial charge in [-0.15, -0.1) is 6.42 Å². The highest BCUT2D eigenvalue weighted by molar-refractivity contribution is 5.83. The Labute approximate surface area is 221 Å². The number of fused-ring (bicyclic) bond motifs is 1. The maximum Gasteiger partial charge on any atom is 0.124 e. The Balaban J connectivity index is 1.56. The highest BCUT2D eigenvalue weighted by Crippen LogP contribution is 2.34. The lowest BCUT2D eigenvalue weighted by atomic mass is 10.1. The van der Waals surface area contributed by atoms with Gasteiger partial charge in [0.05, 0.1) is 49.9 Å². The molecule has 7 heteroatoms. The summed E-state index contributed by atoms with van der Waals surface area (Å²) >= 11 is 0. The van der Waals surface area contributed by atoms with Crippen molar-refractivity contribution in [2.24, 2.45) is 7.05 Å². The molecule has 0 aliphatic heterocycles. The van der Waals surface area contributed by atoms with Crippen molar-refractivity contribution in [2.45, 2.75) is 0 Å². The standard InChI is InChI=1S/C31H25N5O2/c1-5-22-8-10-23(11-9-22)7-6-14-36(26-15-27(37-3)18-28(16-26)38-4)25-12-13-29-30(17-25)34-31(20-32-29)24-19-33-35(2)21-24/h1,8-13,15-21H,14H2,2-4H3. The van der Waals surface area contributed by atoms with Gasteiger partial charge in [-0.1, -0.05) is 17.8 Å². The largest absolute Gasteiger partial charge is 0.497 e. The zero-order chi connectivity index (χ0) is 26.5. The molecule has 0 fully saturated rings. The van der Waals surface area contributed by atoms with Crippen molar-refractivity contribution < 1.29 is 9.47 Å². The van der Waals surface area contributed by atoms with Gasteiger partial charge in [-0.05, 0) is 42.5 Å². The van der Waals surface area contributed by atoms with Crippen molar-refractivity contribution in [1.82, 2.24) is 19.7 Å². The van der Waals surface area contributed by atoms with Crippen LogP contribution in [0, 0.1) is 24.2 Å². The SMILES string of the molecule is C#Cc1ccc(C#CCN(c2cc(OC)cc(OC)c2)c2ccc3ncc(-c4cnn(C)c4)nc3c2)cc1. The lowest BCUT2D eigenvalue weighted by Crippen LogP contribution is -2.17. The molecule has 0 N–H and O–H groups in total. The van der Waals surface area contributed by atoms with Crippen LogP contribution in [-0.2, 0) is 7.05 Å². The summed E-state index contributed by atoms with van der Waals surface area (Å²) in [6, 6.07) is 19.3. The van der Waals surface area contributed by atoms with Crippen LogP contribution in [0.5, 0.6) is 11.5 Å². The molecule has 3 aromatic carbocycles. The summed E-state index contributed by atoms with van der Waals surface area (Å²) in [4.78, 5) is 11.6. The van der Waals surface area contributed by atoms with Crippen LogP contribution < -0.4 is 14.4 Å². The molecule has 0 saturated heterocycles. The van der Waals surface area contributed by atoms with Gasteiger partial charge in [-0.3, -0.25) is 9.67 Å². The Morgan fingerprint density at radius 2 is 1.61 bits per heavy atom. The molecular weight excluding hydrogens is 474 g/mol. The lowest BCUT2D eigenvalue weighted by Gasteiger charge is -2.24. The molecule has 0 bridgehead atoms. The molecule has 5 aromatic rings. The second kappa shape index (κ2) is 10.8. The lowest BCUT2D eigenvalue weighted by molar-refractivity contribution is 0.394. The molecule has 5 rings (SSSR count). The fraction of sp³-hybridized carbons (Fsp3) is 0.129. The van der Waals surface area contributed by atoms with Crippen molar-refractivity contribution in [3.8, 4) is 46.9 Å². The Bertz CT molecular complexity index is 1680. The van der Waals surface area contributed by atoms with E-state index in [4.69, 9.17) is 20.9 Å². The fourth-order valence-electron chi connectivity index (χ4n) is 4.01. The molecule has 186 valence electrons. The third-order valence-electron chi connectivity index (χ3n) is 6.01. The van der Waals surface area contributed by atoms with E-state index in [2.05, 4.69) is 32.7 Å². The maximum atomic E-state index is 5.53. The zero-order valence-electron chi connectivity index (χ0n) is 21.3. The van der Waals surface area contributed by atoms with Crippen molar-refractivity contribution in [3.05, 3.63) is 90.4 Å². The first-order chi connectivity index (χ1) is 18.6. The molecule has 0 amide bonds. The van der Waals surface area contributed by atoms with Gasteiger partial charge in [0.1, 0.15) is 11.5 Å². The van der Waals surface area contributed by atoms with E-state index in [1.54, 1.807) is 31.3 Å². The van der Waals surface area contributed by atoms with E-state index in [1.807, 2.05) is 73.9 Å². The van der Waals surface area contributed by atoms with Crippen LogP contribution in [0.25, 0.3) is 22.3 Å². The Morgan fingerprint density at radius 3 is 2.26 bits per heavy atom. The zero-order valence-corrected chi connectivity index (χ0v) is 21.3. The minimum atomic E-state index is 0.411. The minimum absolute atomic E-state index is 0.411. The van der Waals surface area contributed by atoms with Gasteiger partial charge in [0.2, 0.25) is 0 Å². The monoisotopic (exact) mass is 499 g/mol. The molecule has 0 saturated carbocycles. The maximum absolute atomic E-state index is 5.53. The number of hydrogen-bond donors (Lipinski definition) is 0. The highest BCUT2D eigenvalue weighted by Gasteiger charge is 2.14. The van der Waals surface area contributed by atoms with E-state index >= 15 is 0 Å². The first-order valence-electron chi connectivity index (χ1n) is 11.9. The molecule has 0 aliphatic rings. The van der Waals surface area contributed by atoms with E-state index in [1.165, 1.54) is 0 Å². The van der Waals surface area contributed by atoms with Gasteiger partial charge in [0, 0.05) is 59.5 Å². The number of ether oxygens (including phenoxy) is 2. The molecule has 0 aliphatic carbocycles. The van der Waals surface area contributed by atoms with Gasteiger partial charge in [0.25, 0.3) is 0 Å². The number of hydrogen-bond acceptors (Lipinski definition) is 6. The number of benzene rings is 3. The predicted octanol–water partition coefficient (Wildman–Crippen LogP) is 5.22. The topological polar surface area (TPSA) is 65.3 Å². The summed E-state index contributed by atoms with van der Waals surface area (Å²) in [6.07, 6.45) is 10.9. The van der Waals surface area contributed by atoms with Crippen LogP contribution in [0.2, 0.25) is 0 Å². The average Bonchev–Trinajstić information content (AvgIpc) is 3.41. The highest BCUT2D eigenvalue weighted by atomic mass is 16.5. The molecule has 38 heavy (non-hydrogen) atoms. The summed E-state index contributed by atoms with van der Waals surface area (Å²) in [6.45, 7) is 0.411. The van der Waals surface area contributed by atoms with Crippen LogP contribution in [0.3, 0.4) is 0 Å². The van der Waals surface area contributed by atoms with Crippen molar-refractivity contribution in [3.63, 3.8) is 0 Å². The van der Waals surface area contributed by atoms with Crippen LogP contribution in [0.4, 0.5) is 11.4 Å². The van der Waals surface area contributed by atoms with Gasteiger partial charge in [-0.2, -0.15) is 5.10 Å². The number of terminal acetylenes is 1.